The third kappa shape index (κ3) is 3.82. The monoisotopic (exact) mass is 398 g/mol. The first-order valence-electron chi connectivity index (χ1n) is 8.97. The fraction of sp³-hybridized carbons (Fsp3) is 0.250. The zero-order chi connectivity index (χ0) is 20.3. The van der Waals surface area contributed by atoms with Crippen LogP contribution in [0.3, 0.4) is 0 Å². The van der Waals surface area contributed by atoms with E-state index in [0.717, 1.165) is 12.1 Å². The van der Waals surface area contributed by atoms with Crippen molar-refractivity contribution in [2.45, 2.75) is 37.5 Å². The Bertz CT molecular complexity index is 1100. The molecule has 0 aliphatic rings. The molecule has 2 aromatic carbocycles. The highest BCUT2D eigenvalue weighted by molar-refractivity contribution is 7.92. The Hall–Kier alpha value is -3.00. The highest BCUT2D eigenvalue weighted by Gasteiger charge is 2.25. The Kier molecular flexibility index (Phi) is 5.60. The van der Waals surface area contributed by atoms with Gasteiger partial charge in [-0.2, -0.15) is 0 Å². The van der Waals surface area contributed by atoms with Crippen LogP contribution in [0.5, 0.6) is 0 Å². The summed E-state index contributed by atoms with van der Waals surface area (Å²) in [5.41, 5.74) is 1.48. The molecule has 3 aromatic rings. The number of benzene rings is 2. The quantitative estimate of drug-likeness (QED) is 0.687. The van der Waals surface area contributed by atoms with Crippen LogP contribution < -0.4 is 5.32 Å². The van der Waals surface area contributed by atoms with E-state index in [0.29, 0.717) is 11.5 Å². The van der Waals surface area contributed by atoms with Crippen LogP contribution >= 0.6 is 0 Å². The number of sulfone groups is 1. The number of carbonyl (C=O) groups is 1. The van der Waals surface area contributed by atoms with E-state index in [-0.39, 0.29) is 10.5 Å². The van der Waals surface area contributed by atoms with E-state index in [9.17, 15) is 13.2 Å². The maximum absolute atomic E-state index is 12.8. The Labute approximate surface area is 164 Å². The molecule has 1 heterocycles. The third-order valence-electron chi connectivity index (χ3n) is 4.39. The third-order valence-corrected chi connectivity index (χ3v) is 6.60. The molecule has 3 rings (SSSR count). The predicted octanol–water partition coefficient (Wildman–Crippen LogP) is 3.40. The van der Waals surface area contributed by atoms with Crippen molar-refractivity contribution in [2.75, 3.05) is 5.32 Å². The summed E-state index contributed by atoms with van der Waals surface area (Å²) in [4.78, 5) is 12.8. The van der Waals surface area contributed by atoms with Gasteiger partial charge in [-0.25, -0.2) is 8.42 Å². The van der Waals surface area contributed by atoms with Crippen LogP contribution in [0.4, 0.5) is 5.69 Å². The van der Waals surface area contributed by atoms with Gasteiger partial charge in [-0.3, -0.25) is 4.79 Å². The number of carbonyl (C=O) groups excluding carboxylic acids is 1. The van der Waals surface area contributed by atoms with E-state index < -0.39 is 21.0 Å². The minimum Gasteiger partial charge on any atom is -0.322 e. The van der Waals surface area contributed by atoms with E-state index in [1.165, 1.54) is 12.1 Å². The maximum Gasteiger partial charge on any atom is 0.256 e. The molecular formula is C20H22N4O3S. The number of hydrogen-bond acceptors (Lipinski definition) is 5. The number of aromatic nitrogens is 3. The van der Waals surface area contributed by atoms with Crippen molar-refractivity contribution in [1.29, 1.82) is 0 Å². The first kappa shape index (κ1) is 19.8. The van der Waals surface area contributed by atoms with Gasteiger partial charge in [0.25, 0.3) is 5.91 Å². The number of rotatable bonds is 6. The average Bonchev–Trinajstić information content (AvgIpc) is 3.17. The zero-order valence-electron chi connectivity index (χ0n) is 16.0. The Morgan fingerprint density at radius 3 is 2.61 bits per heavy atom. The zero-order valence-corrected chi connectivity index (χ0v) is 16.8. The lowest BCUT2D eigenvalue weighted by atomic mass is 10.1. The van der Waals surface area contributed by atoms with Gasteiger partial charge in [0.05, 0.1) is 15.7 Å². The van der Waals surface area contributed by atoms with Gasteiger partial charge in [0.2, 0.25) is 0 Å². The van der Waals surface area contributed by atoms with Gasteiger partial charge in [-0.1, -0.05) is 24.3 Å². The van der Waals surface area contributed by atoms with Crippen molar-refractivity contribution in [3.05, 3.63) is 60.4 Å². The molecular weight excluding hydrogens is 376 g/mol. The molecule has 0 saturated carbocycles. The second-order valence-electron chi connectivity index (χ2n) is 6.57. The number of nitrogens with one attached hydrogen (secondary N) is 1. The van der Waals surface area contributed by atoms with Gasteiger partial charge >= 0.3 is 0 Å². The van der Waals surface area contributed by atoms with Crippen LogP contribution in [0.2, 0.25) is 0 Å². The van der Waals surface area contributed by atoms with Crippen LogP contribution in [0.25, 0.3) is 11.4 Å². The van der Waals surface area contributed by atoms with Gasteiger partial charge in [-0.05, 0) is 45.0 Å². The van der Waals surface area contributed by atoms with Gasteiger partial charge in [0, 0.05) is 17.8 Å². The summed E-state index contributed by atoms with van der Waals surface area (Å²) in [5.74, 6) is 0.218. The normalized spacial score (nSPS) is 11.6. The predicted molar refractivity (Wildman–Crippen MR) is 108 cm³/mol. The van der Waals surface area contributed by atoms with Crippen molar-refractivity contribution >= 4 is 21.4 Å². The van der Waals surface area contributed by atoms with E-state index in [1.807, 2.05) is 17.6 Å². The molecule has 0 bridgehead atoms. The standard InChI is InChI=1S/C20H22N4O3S/c1-4-24-13-21-23-19(24)15-8-7-9-16(12-15)22-20(25)17-10-5-6-11-18(17)28(26,27)14(2)3/h5-14H,4H2,1-3H3,(H,22,25). The number of hydrogen-bond donors (Lipinski definition) is 1. The molecule has 28 heavy (non-hydrogen) atoms. The van der Waals surface area contributed by atoms with Gasteiger partial charge in [0.15, 0.2) is 15.7 Å². The number of amides is 1. The maximum atomic E-state index is 12.8. The minimum atomic E-state index is -3.58. The smallest absolute Gasteiger partial charge is 0.256 e. The molecule has 0 atom stereocenters. The second kappa shape index (κ2) is 7.93. The summed E-state index contributed by atoms with van der Waals surface area (Å²) in [6, 6.07) is 13.5. The van der Waals surface area contributed by atoms with Crippen LogP contribution in [0.1, 0.15) is 31.1 Å². The summed E-state index contributed by atoms with van der Waals surface area (Å²) < 4.78 is 27.1. The van der Waals surface area contributed by atoms with Crippen LogP contribution in [-0.4, -0.2) is 34.3 Å². The number of nitrogens with zero attached hydrogens (tertiary/aromatic N) is 3. The van der Waals surface area contributed by atoms with Crippen molar-refractivity contribution in [2.24, 2.45) is 0 Å². The number of aryl methyl sites for hydroxylation is 1. The molecule has 146 valence electrons. The molecule has 0 aliphatic carbocycles. The largest absolute Gasteiger partial charge is 0.322 e. The topological polar surface area (TPSA) is 93.9 Å². The second-order valence-corrected chi connectivity index (χ2v) is 9.04. The van der Waals surface area contributed by atoms with E-state index in [1.54, 1.807) is 50.5 Å². The molecule has 1 amide bonds. The fourth-order valence-corrected chi connectivity index (χ4v) is 4.04. The molecule has 0 radical (unpaired) electrons. The lowest BCUT2D eigenvalue weighted by Crippen LogP contribution is -2.20. The molecule has 0 fully saturated rings. The molecule has 0 aliphatic heterocycles. The van der Waals surface area contributed by atoms with Crippen molar-refractivity contribution in [1.82, 2.24) is 14.8 Å². The highest BCUT2D eigenvalue weighted by atomic mass is 32.2. The minimum absolute atomic E-state index is 0.0318. The molecule has 1 N–H and O–H groups in total. The Balaban J connectivity index is 1.92. The van der Waals surface area contributed by atoms with Gasteiger partial charge in [-0.15, -0.1) is 10.2 Å². The lowest BCUT2D eigenvalue weighted by molar-refractivity contribution is 0.102. The van der Waals surface area contributed by atoms with Crippen molar-refractivity contribution < 1.29 is 13.2 Å². The SMILES string of the molecule is CCn1cnnc1-c1cccc(NC(=O)c2ccccc2S(=O)(=O)C(C)C)c1. The van der Waals surface area contributed by atoms with Crippen LogP contribution in [0, 0.1) is 0 Å². The Morgan fingerprint density at radius 2 is 1.89 bits per heavy atom. The van der Waals surface area contributed by atoms with E-state index >= 15 is 0 Å². The highest BCUT2D eigenvalue weighted by Crippen LogP contribution is 2.24. The molecule has 0 saturated heterocycles. The average molecular weight is 398 g/mol. The summed E-state index contributed by atoms with van der Waals surface area (Å²) in [7, 11) is -3.58. The van der Waals surface area contributed by atoms with Crippen LogP contribution in [0.15, 0.2) is 59.8 Å². The fourth-order valence-electron chi connectivity index (χ4n) is 2.80. The molecule has 8 heteroatoms. The van der Waals surface area contributed by atoms with E-state index in [4.69, 9.17) is 0 Å². The number of anilines is 1. The summed E-state index contributed by atoms with van der Waals surface area (Å²) >= 11 is 0. The summed E-state index contributed by atoms with van der Waals surface area (Å²) in [6.07, 6.45) is 1.65. The van der Waals surface area contributed by atoms with Crippen molar-refractivity contribution in [3.63, 3.8) is 0 Å². The summed E-state index contributed by atoms with van der Waals surface area (Å²) in [5, 5.41) is 10.2. The van der Waals surface area contributed by atoms with Crippen molar-refractivity contribution in [3.8, 4) is 11.4 Å². The first-order valence-corrected chi connectivity index (χ1v) is 10.5. The van der Waals surface area contributed by atoms with E-state index in [2.05, 4.69) is 15.5 Å². The first-order chi connectivity index (χ1) is 13.3. The lowest BCUT2D eigenvalue weighted by Gasteiger charge is -2.13. The summed E-state index contributed by atoms with van der Waals surface area (Å²) in [6.45, 7) is 5.90. The molecule has 0 unspecified atom stereocenters. The molecule has 0 spiro atoms. The van der Waals surface area contributed by atoms with Gasteiger partial charge in [0.1, 0.15) is 6.33 Å². The Morgan fingerprint density at radius 1 is 1.14 bits per heavy atom. The molecule has 1 aromatic heterocycles. The molecule has 7 nitrogen and oxygen atoms in total. The van der Waals surface area contributed by atoms with Crippen LogP contribution in [-0.2, 0) is 16.4 Å². The van der Waals surface area contributed by atoms with Gasteiger partial charge < -0.3 is 9.88 Å².